The molecule has 0 fully saturated rings. The second-order valence-corrected chi connectivity index (χ2v) is 6.37. The minimum atomic E-state index is 0.0402. The van der Waals surface area contributed by atoms with Crippen LogP contribution < -0.4 is 11.3 Å². The summed E-state index contributed by atoms with van der Waals surface area (Å²) in [5.74, 6) is 5.66. The van der Waals surface area contributed by atoms with Gasteiger partial charge in [0.25, 0.3) is 0 Å². The van der Waals surface area contributed by atoms with Gasteiger partial charge in [-0.2, -0.15) is 0 Å². The van der Waals surface area contributed by atoms with Gasteiger partial charge in [-0.25, -0.2) is 0 Å². The maximum Gasteiger partial charge on any atom is 0.0931 e. The first-order valence-electron chi connectivity index (χ1n) is 5.56. The summed E-state index contributed by atoms with van der Waals surface area (Å²) in [6.07, 6.45) is 0.801. The summed E-state index contributed by atoms with van der Waals surface area (Å²) in [5, 5.41) is 0.722. The predicted molar refractivity (Wildman–Crippen MR) is 79.3 cm³/mol. The predicted octanol–water partition coefficient (Wildman–Crippen LogP) is 4.11. The molecule has 0 spiro atoms. The second kappa shape index (κ2) is 6.04. The van der Waals surface area contributed by atoms with Gasteiger partial charge in [-0.1, -0.05) is 29.3 Å². The fourth-order valence-electron chi connectivity index (χ4n) is 1.91. The van der Waals surface area contributed by atoms with E-state index in [1.165, 1.54) is 10.4 Å². The van der Waals surface area contributed by atoms with Gasteiger partial charge >= 0.3 is 0 Å². The third-order valence-corrected chi connectivity index (χ3v) is 4.34. The average Bonchev–Trinajstić information content (AvgIpc) is 2.75. The Bertz CT molecular complexity index is 540. The highest BCUT2D eigenvalue weighted by molar-refractivity contribution is 7.16. The van der Waals surface area contributed by atoms with Crippen molar-refractivity contribution in [3.63, 3.8) is 0 Å². The SMILES string of the molecule is Cc1ccc(Cl)cc1C(Cc1ccc(Cl)s1)NN. The molecule has 3 N–H and O–H groups in total. The van der Waals surface area contributed by atoms with Crippen LogP contribution in [0.2, 0.25) is 9.36 Å². The number of aryl methyl sites for hydroxylation is 1. The van der Waals surface area contributed by atoms with E-state index in [9.17, 15) is 0 Å². The maximum atomic E-state index is 6.04. The Balaban J connectivity index is 2.25. The van der Waals surface area contributed by atoms with E-state index in [2.05, 4.69) is 12.3 Å². The Kier molecular flexibility index (Phi) is 4.65. The number of hydrazine groups is 1. The molecule has 2 aromatic rings. The van der Waals surface area contributed by atoms with Gasteiger partial charge in [0.2, 0.25) is 0 Å². The zero-order chi connectivity index (χ0) is 13.1. The number of thiophene rings is 1. The van der Waals surface area contributed by atoms with Crippen LogP contribution in [0.15, 0.2) is 30.3 Å². The molecule has 2 rings (SSSR count). The summed E-state index contributed by atoms with van der Waals surface area (Å²) in [4.78, 5) is 1.20. The monoisotopic (exact) mass is 300 g/mol. The number of hydrogen-bond acceptors (Lipinski definition) is 3. The van der Waals surface area contributed by atoms with E-state index in [0.717, 1.165) is 21.3 Å². The van der Waals surface area contributed by atoms with Crippen molar-refractivity contribution in [1.29, 1.82) is 0 Å². The molecule has 0 aliphatic rings. The molecule has 5 heteroatoms. The van der Waals surface area contributed by atoms with Crippen molar-refractivity contribution in [1.82, 2.24) is 5.43 Å². The summed E-state index contributed by atoms with van der Waals surface area (Å²) >= 11 is 13.5. The molecule has 96 valence electrons. The van der Waals surface area contributed by atoms with Crippen LogP contribution in [0.3, 0.4) is 0 Å². The normalized spacial score (nSPS) is 12.7. The van der Waals surface area contributed by atoms with Gasteiger partial charge in [-0.05, 0) is 42.3 Å². The van der Waals surface area contributed by atoms with E-state index in [-0.39, 0.29) is 6.04 Å². The molecular weight excluding hydrogens is 287 g/mol. The first-order chi connectivity index (χ1) is 8.60. The molecule has 0 bridgehead atoms. The van der Waals surface area contributed by atoms with Gasteiger partial charge in [0.1, 0.15) is 0 Å². The summed E-state index contributed by atoms with van der Waals surface area (Å²) in [5.41, 5.74) is 5.14. The highest BCUT2D eigenvalue weighted by Crippen LogP contribution is 2.28. The van der Waals surface area contributed by atoms with Crippen molar-refractivity contribution in [2.45, 2.75) is 19.4 Å². The van der Waals surface area contributed by atoms with Crippen molar-refractivity contribution in [3.05, 3.63) is 55.7 Å². The molecule has 0 aliphatic heterocycles. The lowest BCUT2D eigenvalue weighted by molar-refractivity contribution is 0.553. The van der Waals surface area contributed by atoms with E-state index in [0.29, 0.717) is 0 Å². The van der Waals surface area contributed by atoms with Crippen LogP contribution in [0, 0.1) is 6.92 Å². The van der Waals surface area contributed by atoms with E-state index in [4.69, 9.17) is 29.0 Å². The van der Waals surface area contributed by atoms with Gasteiger partial charge in [0, 0.05) is 16.3 Å². The zero-order valence-corrected chi connectivity index (χ0v) is 12.2. The largest absolute Gasteiger partial charge is 0.271 e. The summed E-state index contributed by atoms with van der Waals surface area (Å²) in [7, 11) is 0. The Morgan fingerprint density at radius 1 is 1.28 bits per heavy atom. The third kappa shape index (κ3) is 3.25. The number of hydrogen-bond donors (Lipinski definition) is 2. The zero-order valence-electron chi connectivity index (χ0n) is 9.91. The Morgan fingerprint density at radius 3 is 2.67 bits per heavy atom. The molecule has 1 aromatic carbocycles. The molecule has 1 aromatic heterocycles. The lowest BCUT2D eigenvalue weighted by Crippen LogP contribution is -2.29. The van der Waals surface area contributed by atoms with Crippen molar-refractivity contribution >= 4 is 34.5 Å². The van der Waals surface area contributed by atoms with Crippen molar-refractivity contribution in [2.24, 2.45) is 5.84 Å². The summed E-state index contributed by atoms with van der Waals surface area (Å²) in [6, 6.07) is 9.81. The lowest BCUT2D eigenvalue weighted by Gasteiger charge is -2.18. The molecular formula is C13H14Cl2N2S. The number of halogens is 2. The molecule has 0 saturated carbocycles. The molecule has 0 amide bonds. The van der Waals surface area contributed by atoms with E-state index in [1.54, 1.807) is 11.3 Å². The molecule has 1 heterocycles. The topological polar surface area (TPSA) is 38.0 Å². The molecule has 0 radical (unpaired) electrons. The van der Waals surface area contributed by atoms with Crippen LogP contribution in [-0.4, -0.2) is 0 Å². The molecule has 18 heavy (non-hydrogen) atoms. The van der Waals surface area contributed by atoms with Gasteiger partial charge < -0.3 is 0 Å². The van der Waals surface area contributed by atoms with Crippen molar-refractivity contribution in [3.8, 4) is 0 Å². The minimum Gasteiger partial charge on any atom is -0.271 e. The van der Waals surface area contributed by atoms with Crippen molar-refractivity contribution in [2.75, 3.05) is 0 Å². The minimum absolute atomic E-state index is 0.0402. The Hall–Kier alpha value is -0.580. The number of benzene rings is 1. The number of rotatable bonds is 4. The van der Waals surface area contributed by atoms with E-state index < -0.39 is 0 Å². The average molecular weight is 301 g/mol. The van der Waals surface area contributed by atoms with Crippen LogP contribution in [-0.2, 0) is 6.42 Å². The smallest absolute Gasteiger partial charge is 0.0931 e. The molecule has 1 atom stereocenters. The van der Waals surface area contributed by atoms with Crippen LogP contribution in [0.25, 0.3) is 0 Å². The first kappa shape index (κ1) is 13.8. The number of nitrogens with two attached hydrogens (primary N) is 1. The molecule has 0 aliphatic carbocycles. The van der Waals surface area contributed by atoms with Crippen molar-refractivity contribution < 1.29 is 0 Å². The van der Waals surface area contributed by atoms with Gasteiger partial charge in [0.05, 0.1) is 10.4 Å². The van der Waals surface area contributed by atoms with E-state index >= 15 is 0 Å². The fraction of sp³-hybridized carbons (Fsp3) is 0.231. The van der Waals surface area contributed by atoms with Crippen LogP contribution in [0.4, 0.5) is 0 Å². The van der Waals surface area contributed by atoms with Gasteiger partial charge in [-0.15, -0.1) is 11.3 Å². The van der Waals surface area contributed by atoms with Gasteiger partial charge in [0.15, 0.2) is 0 Å². The summed E-state index contributed by atoms with van der Waals surface area (Å²) < 4.78 is 0.795. The molecule has 0 saturated heterocycles. The highest BCUT2D eigenvalue weighted by atomic mass is 35.5. The van der Waals surface area contributed by atoms with E-state index in [1.807, 2.05) is 30.3 Å². The Morgan fingerprint density at radius 2 is 2.06 bits per heavy atom. The van der Waals surface area contributed by atoms with Crippen LogP contribution >= 0.6 is 34.5 Å². The quantitative estimate of drug-likeness (QED) is 0.659. The Labute approximate surface area is 121 Å². The third-order valence-electron chi connectivity index (χ3n) is 2.85. The standard InChI is InChI=1S/C13H14Cl2N2S/c1-8-2-3-9(14)6-11(8)12(17-16)7-10-4-5-13(15)18-10/h2-6,12,17H,7,16H2,1H3. The second-order valence-electron chi connectivity index (χ2n) is 4.13. The first-order valence-corrected chi connectivity index (χ1v) is 7.14. The number of nitrogens with one attached hydrogen (secondary N) is 1. The molecule has 2 nitrogen and oxygen atoms in total. The maximum absolute atomic E-state index is 6.04. The van der Waals surface area contributed by atoms with Gasteiger partial charge in [-0.3, -0.25) is 11.3 Å². The fourth-order valence-corrected chi connectivity index (χ4v) is 3.22. The lowest BCUT2D eigenvalue weighted by atomic mass is 9.99. The van der Waals surface area contributed by atoms with Crippen LogP contribution in [0.5, 0.6) is 0 Å². The molecule has 1 unspecified atom stereocenters. The highest BCUT2D eigenvalue weighted by Gasteiger charge is 2.14. The summed E-state index contributed by atoms with van der Waals surface area (Å²) in [6.45, 7) is 2.05. The van der Waals surface area contributed by atoms with Crippen LogP contribution in [0.1, 0.15) is 22.0 Å².